The smallest absolute Gasteiger partial charge is 0.251 e. The summed E-state index contributed by atoms with van der Waals surface area (Å²) in [4.78, 5) is 12.6. The van der Waals surface area contributed by atoms with Gasteiger partial charge in [0.1, 0.15) is 12.4 Å². The molecule has 158 valence electrons. The van der Waals surface area contributed by atoms with E-state index in [-0.39, 0.29) is 12.5 Å². The summed E-state index contributed by atoms with van der Waals surface area (Å²) in [6.45, 7) is 4.29. The second-order valence-corrected chi connectivity index (χ2v) is 7.57. The van der Waals surface area contributed by atoms with E-state index in [2.05, 4.69) is 20.7 Å². The Bertz CT molecular complexity index is 1110. The van der Waals surface area contributed by atoms with Crippen LogP contribution >= 0.6 is 12.2 Å². The minimum Gasteiger partial charge on any atom is -0.493 e. The number of rotatable bonds is 8. The molecule has 0 spiro atoms. The van der Waals surface area contributed by atoms with Crippen molar-refractivity contribution in [3.8, 4) is 11.5 Å². The number of nitrogens with one attached hydrogen (secondary N) is 2. The summed E-state index contributed by atoms with van der Waals surface area (Å²) in [7, 11) is 1.53. The van der Waals surface area contributed by atoms with Crippen LogP contribution < -0.4 is 14.8 Å². The first kappa shape index (κ1) is 20.1. The number of aromatic nitrogens is 4. The van der Waals surface area contributed by atoms with Crippen LogP contribution in [0.2, 0.25) is 0 Å². The van der Waals surface area contributed by atoms with Crippen molar-refractivity contribution < 1.29 is 18.8 Å². The second-order valence-electron chi connectivity index (χ2n) is 7.19. The van der Waals surface area contributed by atoms with Crippen LogP contribution in [0.4, 0.5) is 0 Å². The molecule has 1 fully saturated rings. The lowest BCUT2D eigenvalue weighted by atomic mass is 10.2. The van der Waals surface area contributed by atoms with Crippen LogP contribution in [0.15, 0.2) is 22.7 Å². The van der Waals surface area contributed by atoms with Gasteiger partial charge in [-0.1, -0.05) is 5.16 Å². The highest BCUT2D eigenvalue weighted by Crippen LogP contribution is 2.35. The molecule has 0 atom stereocenters. The second kappa shape index (κ2) is 8.31. The minimum atomic E-state index is -0.234. The number of hydrogen-bond acceptors (Lipinski definition) is 7. The third-order valence-electron chi connectivity index (χ3n) is 5.08. The summed E-state index contributed by atoms with van der Waals surface area (Å²) in [5.41, 5.74) is 2.14. The Balaban J connectivity index is 1.43. The molecule has 1 aliphatic rings. The molecule has 10 heteroatoms. The summed E-state index contributed by atoms with van der Waals surface area (Å²) < 4.78 is 19.0. The third-order valence-corrected chi connectivity index (χ3v) is 5.36. The van der Waals surface area contributed by atoms with Crippen LogP contribution in [-0.2, 0) is 13.2 Å². The molecule has 0 bridgehead atoms. The summed E-state index contributed by atoms with van der Waals surface area (Å²) in [6.07, 6.45) is 2.17. The molecule has 1 amide bonds. The number of benzene rings is 1. The number of amides is 1. The number of aromatic amines is 1. The zero-order valence-electron chi connectivity index (χ0n) is 17.0. The molecule has 0 unspecified atom stereocenters. The quantitative estimate of drug-likeness (QED) is 0.529. The van der Waals surface area contributed by atoms with Gasteiger partial charge < -0.3 is 19.3 Å². The van der Waals surface area contributed by atoms with Crippen LogP contribution in [-0.4, -0.2) is 32.9 Å². The molecule has 0 saturated heterocycles. The lowest BCUT2D eigenvalue weighted by Crippen LogP contribution is -2.24. The molecular formula is C20H23N5O4S. The van der Waals surface area contributed by atoms with E-state index in [0.29, 0.717) is 40.2 Å². The average Bonchev–Trinajstić information content (AvgIpc) is 3.44. The number of carbonyl (C=O) groups is 1. The maximum Gasteiger partial charge on any atom is 0.251 e. The molecular weight excluding hydrogens is 406 g/mol. The maximum absolute atomic E-state index is 12.6. The van der Waals surface area contributed by atoms with Gasteiger partial charge in [-0.15, -0.1) is 0 Å². The molecule has 4 rings (SSSR count). The highest BCUT2D eigenvalue weighted by molar-refractivity contribution is 7.71. The fourth-order valence-electron chi connectivity index (χ4n) is 3.22. The van der Waals surface area contributed by atoms with Crippen LogP contribution in [0.3, 0.4) is 0 Å². The van der Waals surface area contributed by atoms with Gasteiger partial charge in [-0.2, -0.15) is 5.10 Å². The Kier molecular flexibility index (Phi) is 5.58. The molecule has 2 N–H and O–H groups in total. The van der Waals surface area contributed by atoms with Crippen LogP contribution in [0.25, 0.3) is 0 Å². The van der Waals surface area contributed by atoms with Crippen molar-refractivity contribution in [2.75, 3.05) is 7.11 Å². The molecule has 1 saturated carbocycles. The highest BCUT2D eigenvalue weighted by atomic mass is 32.1. The normalized spacial score (nSPS) is 13.3. The Morgan fingerprint density at radius 1 is 1.37 bits per heavy atom. The van der Waals surface area contributed by atoms with E-state index < -0.39 is 0 Å². The molecule has 1 aliphatic carbocycles. The molecule has 30 heavy (non-hydrogen) atoms. The van der Waals surface area contributed by atoms with Gasteiger partial charge in [0, 0.05) is 11.6 Å². The Hall–Kier alpha value is -3.14. The molecule has 0 radical (unpaired) electrons. The van der Waals surface area contributed by atoms with Crippen LogP contribution in [0.5, 0.6) is 11.5 Å². The zero-order valence-corrected chi connectivity index (χ0v) is 17.8. The Morgan fingerprint density at radius 3 is 2.83 bits per heavy atom. The number of hydrogen-bond donors (Lipinski definition) is 2. The van der Waals surface area contributed by atoms with Crippen molar-refractivity contribution in [2.24, 2.45) is 0 Å². The molecule has 2 aromatic heterocycles. The molecule has 0 aliphatic heterocycles. The van der Waals surface area contributed by atoms with Gasteiger partial charge in [0.05, 0.1) is 24.9 Å². The van der Waals surface area contributed by atoms with Gasteiger partial charge >= 0.3 is 0 Å². The molecule has 9 nitrogen and oxygen atoms in total. The minimum absolute atomic E-state index is 0.234. The number of H-pyrrole nitrogens is 1. The van der Waals surface area contributed by atoms with E-state index in [4.69, 9.17) is 26.2 Å². The van der Waals surface area contributed by atoms with Gasteiger partial charge in [-0.3, -0.25) is 14.5 Å². The van der Waals surface area contributed by atoms with Crippen LogP contribution in [0, 0.1) is 18.6 Å². The summed E-state index contributed by atoms with van der Waals surface area (Å²) in [6, 6.07) is 5.44. The topological polar surface area (TPSA) is 107 Å². The summed E-state index contributed by atoms with van der Waals surface area (Å²) >= 11 is 5.27. The van der Waals surface area contributed by atoms with E-state index in [9.17, 15) is 4.79 Å². The van der Waals surface area contributed by atoms with Crippen molar-refractivity contribution in [1.82, 2.24) is 25.2 Å². The number of methoxy groups -OCH3 is 1. The van der Waals surface area contributed by atoms with E-state index in [1.807, 2.05) is 18.4 Å². The fourth-order valence-corrected chi connectivity index (χ4v) is 3.52. The van der Waals surface area contributed by atoms with Gasteiger partial charge in [-0.05, 0) is 57.1 Å². The van der Waals surface area contributed by atoms with E-state index in [0.717, 1.165) is 29.9 Å². The maximum atomic E-state index is 12.6. The predicted octanol–water partition coefficient (Wildman–Crippen LogP) is 3.40. The third kappa shape index (κ3) is 4.09. The first-order valence-electron chi connectivity index (χ1n) is 9.64. The number of carbonyl (C=O) groups excluding carboxylic acids is 1. The molecule has 2 heterocycles. The van der Waals surface area contributed by atoms with Gasteiger partial charge in [0.15, 0.2) is 22.1 Å². The lowest BCUT2D eigenvalue weighted by molar-refractivity contribution is 0.0949. The largest absolute Gasteiger partial charge is 0.493 e. The average molecular weight is 430 g/mol. The van der Waals surface area contributed by atoms with Crippen molar-refractivity contribution in [3.05, 3.63) is 51.4 Å². The zero-order chi connectivity index (χ0) is 21.3. The van der Waals surface area contributed by atoms with Crippen molar-refractivity contribution >= 4 is 18.1 Å². The van der Waals surface area contributed by atoms with Gasteiger partial charge in [-0.25, -0.2) is 0 Å². The van der Waals surface area contributed by atoms with E-state index in [1.165, 1.54) is 7.11 Å². The Morgan fingerprint density at radius 2 is 2.17 bits per heavy atom. The van der Waals surface area contributed by atoms with Gasteiger partial charge in [0.25, 0.3) is 5.91 Å². The Labute approximate surface area is 178 Å². The monoisotopic (exact) mass is 429 g/mol. The van der Waals surface area contributed by atoms with Crippen molar-refractivity contribution in [3.63, 3.8) is 0 Å². The van der Waals surface area contributed by atoms with Crippen molar-refractivity contribution in [1.29, 1.82) is 0 Å². The number of aryl methyl sites for hydroxylation is 2. The number of nitrogens with zero attached hydrogens (tertiary/aromatic N) is 3. The fraction of sp³-hybridized carbons (Fsp3) is 0.400. The first-order chi connectivity index (χ1) is 14.5. The standard InChI is InChI=1S/C20H23N5O4S/c1-11-15(12(2)29-24-11)10-28-16-7-4-13(8-17(16)27-3)19(26)21-9-18-22-23-20(30)25(18)14-5-6-14/h4,7-8,14H,5-6,9-10H2,1-3H3,(H,21,26)(H,23,30). The van der Waals surface area contributed by atoms with E-state index in [1.54, 1.807) is 18.2 Å². The van der Waals surface area contributed by atoms with Gasteiger partial charge in [0.2, 0.25) is 0 Å². The van der Waals surface area contributed by atoms with Crippen LogP contribution in [0.1, 0.15) is 52.1 Å². The summed E-state index contributed by atoms with van der Waals surface area (Å²) in [5, 5.41) is 13.8. The molecule has 3 aromatic rings. The summed E-state index contributed by atoms with van der Waals surface area (Å²) in [5.74, 6) is 2.20. The predicted molar refractivity (Wildman–Crippen MR) is 110 cm³/mol. The first-order valence-corrected chi connectivity index (χ1v) is 10.0. The SMILES string of the molecule is COc1cc(C(=O)NCc2n[nH]c(=S)n2C2CC2)ccc1OCc1c(C)noc1C. The highest BCUT2D eigenvalue weighted by Gasteiger charge is 2.27. The lowest BCUT2D eigenvalue weighted by Gasteiger charge is -2.12. The van der Waals surface area contributed by atoms with Crippen molar-refractivity contribution in [2.45, 2.75) is 45.9 Å². The number of ether oxygens (including phenoxy) is 2. The van der Waals surface area contributed by atoms with E-state index >= 15 is 0 Å². The molecule has 1 aromatic carbocycles.